The molecule has 1 aromatic carbocycles. The number of amides is 1. The quantitative estimate of drug-likeness (QED) is 0.659. The average Bonchev–Trinajstić information content (AvgIpc) is 3.01. The van der Waals surface area contributed by atoms with E-state index in [0.717, 1.165) is 18.4 Å². The molecular weight excluding hydrogens is 388 g/mol. The minimum absolute atomic E-state index is 0.0986. The van der Waals surface area contributed by atoms with Crippen LogP contribution in [0.1, 0.15) is 64.6 Å². The SMILES string of the molecule is CN(C(=O)OC(C)(C)C)C12CCC(c3cc(-c4c(F)cccc4F)nnc31)C2(C)C. The number of hydrogen-bond acceptors (Lipinski definition) is 4. The van der Waals surface area contributed by atoms with Crippen molar-refractivity contribution < 1.29 is 18.3 Å². The lowest BCUT2D eigenvalue weighted by atomic mass is 9.74. The van der Waals surface area contributed by atoms with Gasteiger partial charge in [0.05, 0.1) is 22.5 Å². The normalized spacial score (nSPS) is 23.9. The molecule has 2 aliphatic carbocycles. The fourth-order valence-corrected chi connectivity index (χ4v) is 5.40. The standard InChI is InChI=1S/C23H27F2N3O2/c1-21(2,3)30-20(29)28(6)23-11-10-14(22(23,4)5)13-12-17(26-27-19(13)23)18-15(24)8-7-9-16(18)25/h7-9,12,14H,10-11H2,1-6H3. The molecule has 1 fully saturated rings. The number of ether oxygens (including phenoxy) is 1. The molecule has 1 heterocycles. The molecule has 30 heavy (non-hydrogen) atoms. The number of benzene rings is 1. The van der Waals surface area contributed by atoms with Crippen molar-refractivity contribution in [1.29, 1.82) is 0 Å². The van der Waals surface area contributed by atoms with Crippen LogP contribution >= 0.6 is 0 Å². The van der Waals surface area contributed by atoms with E-state index in [1.807, 2.05) is 20.8 Å². The zero-order valence-electron chi connectivity index (χ0n) is 18.2. The summed E-state index contributed by atoms with van der Waals surface area (Å²) < 4.78 is 34.3. The lowest BCUT2D eigenvalue weighted by Gasteiger charge is -2.45. The fourth-order valence-electron chi connectivity index (χ4n) is 5.40. The molecule has 2 atom stereocenters. The first-order valence-electron chi connectivity index (χ1n) is 10.2. The van der Waals surface area contributed by atoms with E-state index in [-0.39, 0.29) is 22.6 Å². The molecule has 2 bridgehead atoms. The largest absolute Gasteiger partial charge is 0.444 e. The van der Waals surface area contributed by atoms with Crippen LogP contribution in [0.4, 0.5) is 13.6 Å². The highest BCUT2D eigenvalue weighted by atomic mass is 19.1. The Morgan fingerprint density at radius 1 is 1.20 bits per heavy atom. The monoisotopic (exact) mass is 415 g/mol. The second-order valence-electron chi connectivity index (χ2n) is 9.84. The molecule has 1 saturated carbocycles. The summed E-state index contributed by atoms with van der Waals surface area (Å²) in [5, 5.41) is 8.61. The van der Waals surface area contributed by atoms with E-state index in [4.69, 9.17) is 4.74 Å². The topological polar surface area (TPSA) is 55.3 Å². The highest BCUT2D eigenvalue weighted by Gasteiger charge is 2.66. The number of halogens is 2. The highest BCUT2D eigenvalue weighted by molar-refractivity contribution is 5.71. The Balaban J connectivity index is 1.83. The molecule has 1 aromatic heterocycles. The van der Waals surface area contributed by atoms with Gasteiger partial charge in [0.1, 0.15) is 17.2 Å². The van der Waals surface area contributed by atoms with E-state index in [1.165, 1.54) is 18.2 Å². The Labute approximate surface area is 175 Å². The van der Waals surface area contributed by atoms with Crippen LogP contribution in [0.15, 0.2) is 24.3 Å². The van der Waals surface area contributed by atoms with Gasteiger partial charge in [0, 0.05) is 12.5 Å². The van der Waals surface area contributed by atoms with E-state index in [0.29, 0.717) is 5.69 Å². The summed E-state index contributed by atoms with van der Waals surface area (Å²) in [6, 6.07) is 5.48. The van der Waals surface area contributed by atoms with Gasteiger partial charge in [0.25, 0.3) is 0 Å². The van der Waals surface area contributed by atoms with Gasteiger partial charge in [-0.3, -0.25) is 4.90 Å². The summed E-state index contributed by atoms with van der Waals surface area (Å²) in [6.45, 7) is 9.71. The predicted molar refractivity (Wildman–Crippen MR) is 109 cm³/mol. The molecule has 0 N–H and O–H groups in total. The van der Waals surface area contributed by atoms with Gasteiger partial charge < -0.3 is 4.74 Å². The highest BCUT2D eigenvalue weighted by Crippen LogP contribution is 2.68. The van der Waals surface area contributed by atoms with E-state index in [9.17, 15) is 13.6 Å². The lowest BCUT2D eigenvalue weighted by molar-refractivity contribution is -0.0212. The summed E-state index contributed by atoms with van der Waals surface area (Å²) in [5.74, 6) is -1.25. The maximum Gasteiger partial charge on any atom is 0.410 e. The molecule has 1 amide bonds. The third-order valence-electron chi connectivity index (χ3n) is 6.78. The summed E-state index contributed by atoms with van der Waals surface area (Å²) in [6.07, 6.45) is 1.16. The molecule has 5 nitrogen and oxygen atoms in total. The first kappa shape index (κ1) is 20.7. The van der Waals surface area contributed by atoms with Gasteiger partial charge in [-0.25, -0.2) is 13.6 Å². The molecule has 2 aromatic rings. The Kier molecular flexibility index (Phi) is 4.46. The van der Waals surface area contributed by atoms with Crippen LogP contribution in [0.3, 0.4) is 0 Å². The first-order valence-corrected chi connectivity index (χ1v) is 10.2. The Hall–Kier alpha value is -2.57. The van der Waals surface area contributed by atoms with E-state index >= 15 is 0 Å². The summed E-state index contributed by atoms with van der Waals surface area (Å²) in [5.41, 5.74) is -0.0576. The van der Waals surface area contributed by atoms with Crippen molar-refractivity contribution in [2.45, 2.75) is 64.5 Å². The minimum Gasteiger partial charge on any atom is -0.444 e. The minimum atomic E-state index is -0.686. The fraction of sp³-hybridized carbons (Fsp3) is 0.522. The Morgan fingerprint density at radius 2 is 1.83 bits per heavy atom. The lowest BCUT2D eigenvalue weighted by Crippen LogP contribution is -2.53. The Bertz CT molecular complexity index is 1010. The van der Waals surface area contributed by atoms with E-state index < -0.39 is 28.9 Å². The first-order chi connectivity index (χ1) is 13.9. The van der Waals surface area contributed by atoms with Gasteiger partial charge in [0.2, 0.25) is 0 Å². The van der Waals surface area contributed by atoms with Gasteiger partial charge in [-0.1, -0.05) is 19.9 Å². The molecular formula is C23H27F2N3O2. The van der Waals surface area contributed by atoms with E-state index in [2.05, 4.69) is 24.0 Å². The van der Waals surface area contributed by atoms with Gasteiger partial charge in [0.15, 0.2) is 0 Å². The zero-order chi connectivity index (χ0) is 22.1. The number of carbonyl (C=O) groups excluding carboxylic acids is 1. The van der Waals surface area contributed by atoms with Gasteiger partial charge in [-0.2, -0.15) is 5.10 Å². The third-order valence-corrected chi connectivity index (χ3v) is 6.78. The molecule has 0 spiro atoms. The number of fused-ring (bicyclic) bond motifs is 5. The predicted octanol–water partition coefficient (Wildman–Crippen LogP) is 5.40. The van der Waals surface area contributed by atoms with Crippen molar-refractivity contribution in [1.82, 2.24) is 15.1 Å². The van der Waals surface area contributed by atoms with Crippen LogP contribution in [-0.2, 0) is 10.3 Å². The van der Waals surface area contributed by atoms with Crippen molar-refractivity contribution in [3.8, 4) is 11.3 Å². The van der Waals surface area contributed by atoms with Crippen LogP contribution in [0.25, 0.3) is 11.3 Å². The molecule has 160 valence electrons. The maximum atomic E-state index is 14.3. The number of rotatable bonds is 2. The molecule has 0 aliphatic heterocycles. The molecule has 4 rings (SSSR count). The smallest absolute Gasteiger partial charge is 0.410 e. The van der Waals surface area contributed by atoms with Gasteiger partial charge in [-0.05, 0) is 63.3 Å². The van der Waals surface area contributed by atoms with Gasteiger partial charge in [-0.15, -0.1) is 5.10 Å². The van der Waals surface area contributed by atoms with Crippen LogP contribution in [-0.4, -0.2) is 33.8 Å². The number of nitrogens with zero attached hydrogens (tertiary/aromatic N) is 3. The summed E-state index contributed by atoms with van der Waals surface area (Å²) in [4.78, 5) is 14.6. The molecule has 2 unspecified atom stereocenters. The van der Waals surface area contributed by atoms with Crippen molar-refractivity contribution in [2.24, 2.45) is 5.41 Å². The van der Waals surface area contributed by atoms with Crippen molar-refractivity contribution >= 4 is 6.09 Å². The number of aromatic nitrogens is 2. The molecule has 0 saturated heterocycles. The zero-order valence-corrected chi connectivity index (χ0v) is 18.2. The van der Waals surface area contributed by atoms with E-state index in [1.54, 1.807) is 18.0 Å². The second-order valence-corrected chi connectivity index (χ2v) is 9.84. The number of hydrogen-bond donors (Lipinski definition) is 0. The molecule has 0 radical (unpaired) electrons. The van der Waals surface area contributed by atoms with Crippen molar-refractivity contribution in [3.05, 3.63) is 47.2 Å². The molecule has 7 heteroatoms. The molecule has 2 aliphatic rings. The maximum absolute atomic E-state index is 14.3. The van der Waals surface area contributed by atoms with Crippen LogP contribution in [0.2, 0.25) is 0 Å². The second kappa shape index (κ2) is 6.46. The average molecular weight is 415 g/mol. The number of carbonyl (C=O) groups is 1. The third kappa shape index (κ3) is 2.74. The van der Waals surface area contributed by atoms with Crippen molar-refractivity contribution in [3.63, 3.8) is 0 Å². The van der Waals surface area contributed by atoms with Crippen LogP contribution in [0, 0.1) is 17.0 Å². The van der Waals surface area contributed by atoms with Crippen LogP contribution < -0.4 is 0 Å². The van der Waals surface area contributed by atoms with Crippen molar-refractivity contribution in [2.75, 3.05) is 7.05 Å². The summed E-state index contributed by atoms with van der Waals surface area (Å²) >= 11 is 0. The van der Waals surface area contributed by atoms with Gasteiger partial charge >= 0.3 is 6.09 Å². The Morgan fingerprint density at radius 3 is 2.43 bits per heavy atom. The summed E-state index contributed by atoms with van der Waals surface area (Å²) in [7, 11) is 1.74. The van der Waals surface area contributed by atoms with Crippen LogP contribution in [0.5, 0.6) is 0 Å².